The van der Waals surface area contributed by atoms with Gasteiger partial charge in [0.15, 0.2) is 0 Å². The van der Waals surface area contributed by atoms with Gasteiger partial charge in [-0.05, 0) is 25.5 Å². The third-order valence-corrected chi connectivity index (χ3v) is 3.17. The smallest absolute Gasteiger partial charge is 0.266 e. The summed E-state index contributed by atoms with van der Waals surface area (Å²) >= 11 is 0. The Balaban J connectivity index is 2.85. The first-order chi connectivity index (χ1) is 8.08. The lowest BCUT2D eigenvalue weighted by molar-refractivity contribution is 0.317. The van der Waals surface area contributed by atoms with E-state index in [0.717, 1.165) is 18.7 Å². The topological polar surface area (TPSA) is 46.9 Å². The standard InChI is InChI=1S/C13H23N3O/c1-5-10(3)12(14-6-2)9-16-13(17)8-7-11(4)15-16/h7-8,10,12,14H,5-6,9H2,1-4H3. The minimum absolute atomic E-state index is 0.0261. The maximum Gasteiger partial charge on any atom is 0.266 e. The molecule has 4 heteroatoms. The van der Waals surface area contributed by atoms with Gasteiger partial charge in [-0.1, -0.05) is 27.2 Å². The summed E-state index contributed by atoms with van der Waals surface area (Å²) in [6.45, 7) is 9.91. The highest BCUT2D eigenvalue weighted by molar-refractivity contribution is 4.97. The highest BCUT2D eigenvalue weighted by atomic mass is 16.1. The zero-order valence-corrected chi connectivity index (χ0v) is 11.2. The van der Waals surface area contributed by atoms with E-state index in [1.807, 2.05) is 6.92 Å². The highest BCUT2D eigenvalue weighted by Gasteiger charge is 2.16. The van der Waals surface area contributed by atoms with Gasteiger partial charge in [-0.15, -0.1) is 0 Å². The Hall–Kier alpha value is -1.16. The SMILES string of the molecule is CCNC(Cn1nc(C)ccc1=O)C(C)CC. The lowest BCUT2D eigenvalue weighted by Gasteiger charge is -2.24. The normalized spacial score (nSPS) is 14.6. The quantitative estimate of drug-likeness (QED) is 0.817. The number of hydrogen-bond acceptors (Lipinski definition) is 3. The van der Waals surface area contributed by atoms with Gasteiger partial charge in [-0.25, -0.2) is 4.68 Å². The first-order valence-electron chi connectivity index (χ1n) is 6.36. The molecule has 0 fully saturated rings. The van der Waals surface area contributed by atoms with Crippen LogP contribution in [0.15, 0.2) is 16.9 Å². The zero-order valence-electron chi connectivity index (χ0n) is 11.2. The van der Waals surface area contributed by atoms with Gasteiger partial charge >= 0.3 is 0 Å². The van der Waals surface area contributed by atoms with Crippen molar-refractivity contribution in [2.45, 2.75) is 46.7 Å². The molecule has 0 aliphatic rings. The van der Waals surface area contributed by atoms with E-state index in [1.54, 1.807) is 16.8 Å². The van der Waals surface area contributed by atoms with E-state index in [9.17, 15) is 4.79 Å². The van der Waals surface area contributed by atoms with Gasteiger partial charge in [-0.2, -0.15) is 5.10 Å². The van der Waals surface area contributed by atoms with Crippen LogP contribution in [0.25, 0.3) is 0 Å². The van der Waals surface area contributed by atoms with Crippen molar-refractivity contribution >= 4 is 0 Å². The van der Waals surface area contributed by atoms with Gasteiger partial charge in [0.2, 0.25) is 0 Å². The number of likely N-dealkylation sites (N-methyl/N-ethyl adjacent to an activating group) is 1. The molecule has 1 N–H and O–H groups in total. The summed E-state index contributed by atoms with van der Waals surface area (Å²) in [5.41, 5.74) is 0.853. The monoisotopic (exact) mass is 237 g/mol. The van der Waals surface area contributed by atoms with Gasteiger partial charge in [0.05, 0.1) is 12.2 Å². The molecule has 4 nitrogen and oxygen atoms in total. The van der Waals surface area contributed by atoms with Gasteiger partial charge in [0, 0.05) is 12.1 Å². The van der Waals surface area contributed by atoms with Gasteiger partial charge in [0.25, 0.3) is 5.56 Å². The van der Waals surface area contributed by atoms with E-state index in [4.69, 9.17) is 0 Å². The van der Waals surface area contributed by atoms with Crippen molar-refractivity contribution in [3.63, 3.8) is 0 Å². The molecule has 2 atom stereocenters. The highest BCUT2D eigenvalue weighted by Crippen LogP contribution is 2.08. The summed E-state index contributed by atoms with van der Waals surface area (Å²) in [6, 6.07) is 3.64. The van der Waals surface area contributed by atoms with Crippen LogP contribution >= 0.6 is 0 Å². The van der Waals surface area contributed by atoms with Crippen molar-refractivity contribution in [2.24, 2.45) is 5.92 Å². The molecule has 0 spiro atoms. The molecule has 0 amide bonds. The van der Waals surface area contributed by atoms with E-state index in [0.29, 0.717) is 18.5 Å². The molecule has 0 bridgehead atoms. The maximum atomic E-state index is 11.7. The molecule has 0 aromatic carbocycles. The summed E-state index contributed by atoms with van der Waals surface area (Å²) < 4.78 is 1.56. The molecule has 96 valence electrons. The first-order valence-corrected chi connectivity index (χ1v) is 6.36. The molecule has 0 radical (unpaired) electrons. The van der Waals surface area contributed by atoms with Crippen LogP contribution in [0.4, 0.5) is 0 Å². The van der Waals surface area contributed by atoms with Crippen LogP contribution in [0.5, 0.6) is 0 Å². The number of nitrogens with one attached hydrogen (secondary N) is 1. The van der Waals surface area contributed by atoms with Crippen molar-refractivity contribution in [3.05, 3.63) is 28.2 Å². The average Bonchev–Trinajstić information content (AvgIpc) is 2.32. The van der Waals surface area contributed by atoms with Crippen LogP contribution in [0.3, 0.4) is 0 Å². The van der Waals surface area contributed by atoms with Crippen molar-refractivity contribution in [1.82, 2.24) is 15.1 Å². The third-order valence-electron chi connectivity index (χ3n) is 3.17. The Morgan fingerprint density at radius 1 is 1.41 bits per heavy atom. The Kier molecular flexibility index (Phi) is 5.35. The third kappa shape index (κ3) is 3.97. The molecule has 0 aliphatic carbocycles. The fraction of sp³-hybridized carbons (Fsp3) is 0.692. The molecule has 0 saturated heterocycles. The van der Waals surface area contributed by atoms with Crippen LogP contribution in [0.2, 0.25) is 0 Å². The Morgan fingerprint density at radius 3 is 2.71 bits per heavy atom. The summed E-state index contributed by atoms with van der Waals surface area (Å²) in [4.78, 5) is 11.7. The lowest BCUT2D eigenvalue weighted by Crippen LogP contribution is -2.41. The van der Waals surface area contributed by atoms with Gasteiger partial charge < -0.3 is 5.32 Å². The van der Waals surface area contributed by atoms with Crippen molar-refractivity contribution in [3.8, 4) is 0 Å². The summed E-state index contributed by atoms with van der Waals surface area (Å²) in [7, 11) is 0. The number of rotatable bonds is 6. The molecule has 1 aromatic heterocycles. The first kappa shape index (κ1) is 13.9. The molecular weight excluding hydrogens is 214 g/mol. The van der Waals surface area contributed by atoms with E-state index < -0.39 is 0 Å². The Labute approximate surface area is 103 Å². The van der Waals surface area contributed by atoms with E-state index >= 15 is 0 Å². The maximum absolute atomic E-state index is 11.7. The molecule has 17 heavy (non-hydrogen) atoms. The van der Waals surface area contributed by atoms with E-state index in [1.165, 1.54) is 0 Å². The Bertz CT molecular complexity index is 400. The van der Waals surface area contributed by atoms with E-state index in [-0.39, 0.29) is 5.56 Å². The minimum atomic E-state index is -0.0261. The second kappa shape index (κ2) is 6.55. The van der Waals surface area contributed by atoms with Crippen molar-refractivity contribution in [1.29, 1.82) is 0 Å². The Morgan fingerprint density at radius 2 is 2.12 bits per heavy atom. The van der Waals surface area contributed by atoms with Gasteiger partial charge in [-0.3, -0.25) is 4.79 Å². The molecule has 2 unspecified atom stereocenters. The second-order valence-corrected chi connectivity index (χ2v) is 4.54. The fourth-order valence-electron chi connectivity index (χ4n) is 1.86. The number of aryl methyl sites for hydroxylation is 1. The fourth-order valence-corrected chi connectivity index (χ4v) is 1.86. The van der Waals surface area contributed by atoms with Crippen LogP contribution < -0.4 is 10.9 Å². The number of nitrogens with zero attached hydrogens (tertiary/aromatic N) is 2. The van der Waals surface area contributed by atoms with Crippen LogP contribution in [0, 0.1) is 12.8 Å². The summed E-state index contributed by atoms with van der Waals surface area (Å²) in [5, 5.41) is 7.70. The molecule has 0 aliphatic heterocycles. The lowest BCUT2D eigenvalue weighted by atomic mass is 9.99. The largest absolute Gasteiger partial charge is 0.312 e. The zero-order chi connectivity index (χ0) is 12.8. The van der Waals surface area contributed by atoms with Crippen LogP contribution in [-0.4, -0.2) is 22.4 Å². The average molecular weight is 237 g/mol. The number of hydrogen-bond donors (Lipinski definition) is 1. The molecule has 1 heterocycles. The second-order valence-electron chi connectivity index (χ2n) is 4.54. The molecular formula is C13H23N3O. The predicted molar refractivity (Wildman–Crippen MR) is 70.2 cm³/mol. The van der Waals surface area contributed by atoms with E-state index in [2.05, 4.69) is 31.2 Å². The van der Waals surface area contributed by atoms with Crippen molar-refractivity contribution < 1.29 is 0 Å². The number of aromatic nitrogens is 2. The van der Waals surface area contributed by atoms with Crippen LogP contribution in [0.1, 0.15) is 32.9 Å². The predicted octanol–water partition coefficient (Wildman–Crippen LogP) is 1.58. The molecule has 1 aromatic rings. The minimum Gasteiger partial charge on any atom is -0.312 e. The van der Waals surface area contributed by atoms with Crippen LogP contribution in [-0.2, 0) is 6.54 Å². The molecule has 0 saturated carbocycles. The summed E-state index contributed by atoms with van der Waals surface area (Å²) in [5.74, 6) is 0.532. The summed E-state index contributed by atoms with van der Waals surface area (Å²) in [6.07, 6.45) is 1.10. The molecule has 1 rings (SSSR count). The van der Waals surface area contributed by atoms with Gasteiger partial charge in [0.1, 0.15) is 0 Å². The van der Waals surface area contributed by atoms with Crippen molar-refractivity contribution in [2.75, 3.05) is 6.54 Å².